The van der Waals surface area contributed by atoms with E-state index in [-0.39, 0.29) is 37.4 Å². The molecule has 3 aliphatic rings. The third-order valence-electron chi connectivity index (χ3n) is 6.67. The first-order valence-corrected chi connectivity index (χ1v) is 11.1. The Morgan fingerprint density at radius 2 is 1.59 bits per heavy atom. The molecule has 5 rings (SSSR count). The number of ether oxygens (including phenoxy) is 1. The molecule has 0 atom stereocenters. The van der Waals surface area contributed by atoms with Crippen LogP contribution in [-0.4, -0.2) is 52.7 Å². The van der Waals surface area contributed by atoms with E-state index in [1.807, 2.05) is 24.3 Å². The van der Waals surface area contributed by atoms with E-state index in [9.17, 15) is 14.4 Å². The molecule has 0 heterocycles. The summed E-state index contributed by atoms with van der Waals surface area (Å²) >= 11 is 0. The van der Waals surface area contributed by atoms with E-state index in [1.165, 1.54) is 16.0 Å². The van der Waals surface area contributed by atoms with E-state index in [0.717, 1.165) is 24.0 Å². The molecule has 0 aromatic heterocycles. The van der Waals surface area contributed by atoms with Crippen molar-refractivity contribution >= 4 is 18.0 Å². The number of nitrogens with zero attached hydrogens (tertiary/aromatic N) is 1. The fraction of sp³-hybridized carbons (Fsp3) is 0.400. The number of hydrogen-bond donors (Lipinski definition) is 2. The highest BCUT2D eigenvalue weighted by molar-refractivity contribution is 5.84. The predicted octanol–water partition coefficient (Wildman–Crippen LogP) is 3.52. The molecule has 2 aromatic carbocycles. The summed E-state index contributed by atoms with van der Waals surface area (Å²) < 4.78 is 5.61. The predicted molar refractivity (Wildman–Crippen MR) is 117 cm³/mol. The molecule has 32 heavy (non-hydrogen) atoms. The highest BCUT2D eigenvalue weighted by Crippen LogP contribution is 2.45. The first-order valence-electron chi connectivity index (χ1n) is 11.1. The molecule has 2 fully saturated rings. The average Bonchev–Trinajstić information content (AvgIpc) is 3.70. The second kappa shape index (κ2) is 7.97. The largest absolute Gasteiger partial charge is 0.480 e. The van der Waals surface area contributed by atoms with Gasteiger partial charge in [0.05, 0.1) is 12.0 Å². The summed E-state index contributed by atoms with van der Waals surface area (Å²) in [5, 5.41) is 12.0. The Labute approximate surface area is 186 Å². The van der Waals surface area contributed by atoms with Crippen molar-refractivity contribution in [2.75, 3.05) is 13.2 Å². The van der Waals surface area contributed by atoms with Crippen LogP contribution in [0.1, 0.15) is 49.1 Å². The van der Waals surface area contributed by atoms with E-state index in [2.05, 4.69) is 29.6 Å². The van der Waals surface area contributed by atoms with Crippen LogP contribution in [0.15, 0.2) is 48.5 Å². The summed E-state index contributed by atoms with van der Waals surface area (Å²) in [5.74, 6) is -1.25. The van der Waals surface area contributed by atoms with E-state index in [0.29, 0.717) is 12.8 Å². The Kier molecular flexibility index (Phi) is 5.12. The van der Waals surface area contributed by atoms with E-state index >= 15 is 0 Å². The number of hydrogen-bond acceptors (Lipinski definition) is 4. The zero-order valence-corrected chi connectivity index (χ0v) is 17.8. The molecule has 0 saturated heterocycles. The van der Waals surface area contributed by atoms with Crippen molar-refractivity contribution in [2.24, 2.45) is 0 Å². The van der Waals surface area contributed by atoms with Gasteiger partial charge >= 0.3 is 12.1 Å². The van der Waals surface area contributed by atoms with Gasteiger partial charge in [-0.3, -0.25) is 9.59 Å². The number of carbonyl (C=O) groups excluding carboxylic acids is 2. The Morgan fingerprint density at radius 3 is 2.12 bits per heavy atom. The van der Waals surface area contributed by atoms with Crippen LogP contribution in [-0.2, 0) is 14.3 Å². The topological polar surface area (TPSA) is 95.9 Å². The van der Waals surface area contributed by atoms with Crippen molar-refractivity contribution in [3.05, 3.63) is 59.7 Å². The molecule has 2 aromatic rings. The molecule has 7 nitrogen and oxygen atoms in total. The first kappa shape index (κ1) is 20.5. The third kappa shape index (κ3) is 4.07. The van der Waals surface area contributed by atoms with Gasteiger partial charge in [-0.2, -0.15) is 0 Å². The molecule has 2 amide bonds. The molecule has 0 aliphatic heterocycles. The molecular weight excluding hydrogens is 408 g/mol. The first-order chi connectivity index (χ1) is 15.5. The van der Waals surface area contributed by atoms with Crippen LogP contribution in [0, 0.1) is 0 Å². The number of rotatable bonds is 8. The van der Waals surface area contributed by atoms with Crippen LogP contribution in [0.5, 0.6) is 0 Å². The van der Waals surface area contributed by atoms with Crippen molar-refractivity contribution in [3.63, 3.8) is 0 Å². The molecule has 166 valence electrons. The van der Waals surface area contributed by atoms with Crippen LogP contribution in [0.4, 0.5) is 4.79 Å². The number of carboxylic acids is 1. The minimum absolute atomic E-state index is 0.0175. The number of aliphatic carboxylic acids is 1. The number of carbonyl (C=O) groups is 3. The Morgan fingerprint density at radius 1 is 1.00 bits per heavy atom. The van der Waals surface area contributed by atoms with Gasteiger partial charge in [0.25, 0.3) is 0 Å². The second-order valence-electron chi connectivity index (χ2n) is 9.05. The van der Waals surface area contributed by atoms with E-state index in [1.54, 1.807) is 0 Å². The highest BCUT2D eigenvalue weighted by Gasteiger charge is 2.48. The van der Waals surface area contributed by atoms with E-state index in [4.69, 9.17) is 9.84 Å². The minimum atomic E-state index is -1.01. The SMILES string of the molecule is O=C(O)CN(C(=O)CC1(NC(=O)OCC2c3ccccc3-c3ccccc32)CC1)C1CC1. The maximum Gasteiger partial charge on any atom is 0.407 e. The van der Waals surface area contributed by atoms with E-state index < -0.39 is 17.6 Å². The maximum absolute atomic E-state index is 12.7. The highest BCUT2D eigenvalue weighted by atomic mass is 16.5. The lowest BCUT2D eigenvalue weighted by Crippen LogP contribution is -2.44. The molecule has 7 heteroatoms. The van der Waals surface area contributed by atoms with Gasteiger partial charge in [-0.15, -0.1) is 0 Å². The van der Waals surface area contributed by atoms with Gasteiger partial charge in [0.2, 0.25) is 5.91 Å². The summed E-state index contributed by atoms with van der Waals surface area (Å²) in [5.41, 5.74) is 4.00. The van der Waals surface area contributed by atoms with Crippen molar-refractivity contribution in [2.45, 2.75) is 49.6 Å². The molecule has 0 radical (unpaired) electrons. The summed E-state index contributed by atoms with van der Waals surface area (Å²) in [7, 11) is 0. The van der Waals surface area contributed by atoms with Crippen LogP contribution < -0.4 is 5.32 Å². The Hall–Kier alpha value is -3.35. The van der Waals surface area contributed by atoms with Gasteiger partial charge in [0.15, 0.2) is 0 Å². The number of nitrogens with one attached hydrogen (secondary N) is 1. The molecule has 2 N–H and O–H groups in total. The summed E-state index contributed by atoms with van der Waals surface area (Å²) in [6.45, 7) is -0.0678. The van der Waals surface area contributed by atoms with Crippen molar-refractivity contribution in [3.8, 4) is 11.1 Å². The Balaban J connectivity index is 1.20. The normalized spacial score (nSPS) is 17.8. The van der Waals surface area contributed by atoms with Crippen LogP contribution in [0.25, 0.3) is 11.1 Å². The lowest BCUT2D eigenvalue weighted by Gasteiger charge is -2.24. The summed E-state index contributed by atoms with van der Waals surface area (Å²) in [6, 6.07) is 16.3. The fourth-order valence-electron chi connectivity index (χ4n) is 4.69. The van der Waals surface area contributed by atoms with Crippen molar-refractivity contribution in [1.82, 2.24) is 10.2 Å². The van der Waals surface area contributed by atoms with Gasteiger partial charge in [-0.1, -0.05) is 48.5 Å². The monoisotopic (exact) mass is 434 g/mol. The second-order valence-corrected chi connectivity index (χ2v) is 9.05. The quantitative estimate of drug-likeness (QED) is 0.663. The van der Waals surface area contributed by atoms with Gasteiger partial charge < -0.3 is 20.1 Å². The lowest BCUT2D eigenvalue weighted by molar-refractivity contribution is -0.145. The molecular formula is C25H26N2O5. The summed E-state index contributed by atoms with van der Waals surface area (Å²) in [4.78, 5) is 37.9. The average molecular weight is 434 g/mol. The third-order valence-corrected chi connectivity index (χ3v) is 6.67. The van der Waals surface area contributed by atoms with Gasteiger partial charge in [-0.25, -0.2) is 4.79 Å². The molecule has 3 aliphatic carbocycles. The zero-order valence-electron chi connectivity index (χ0n) is 17.8. The number of carboxylic acid groups (broad SMARTS) is 1. The number of amides is 2. The van der Waals surface area contributed by atoms with Gasteiger partial charge in [0.1, 0.15) is 13.2 Å². The number of alkyl carbamates (subject to hydrolysis) is 1. The van der Waals surface area contributed by atoms with Crippen LogP contribution in [0.2, 0.25) is 0 Å². The van der Waals surface area contributed by atoms with Crippen molar-refractivity contribution in [1.29, 1.82) is 0 Å². The lowest BCUT2D eigenvalue weighted by atomic mass is 9.98. The molecule has 0 spiro atoms. The maximum atomic E-state index is 12.7. The standard InChI is InChI=1S/C25H26N2O5/c28-22(27(14-23(29)30)16-9-10-16)13-25(11-12-25)26-24(31)32-15-21-19-7-3-1-5-17(19)18-6-2-4-8-20(18)21/h1-8,16,21H,9-15H2,(H,26,31)(H,29,30). The fourth-order valence-corrected chi connectivity index (χ4v) is 4.69. The smallest absolute Gasteiger partial charge is 0.407 e. The van der Waals surface area contributed by atoms with Gasteiger partial charge in [0, 0.05) is 12.0 Å². The number of benzene rings is 2. The zero-order chi connectivity index (χ0) is 22.3. The van der Waals surface area contributed by atoms with Crippen LogP contribution in [0.3, 0.4) is 0 Å². The Bertz CT molecular complexity index is 1030. The molecule has 0 unspecified atom stereocenters. The van der Waals surface area contributed by atoms with Crippen LogP contribution >= 0.6 is 0 Å². The van der Waals surface area contributed by atoms with Gasteiger partial charge in [-0.05, 0) is 47.9 Å². The summed E-state index contributed by atoms with van der Waals surface area (Å²) in [6.07, 6.45) is 2.63. The van der Waals surface area contributed by atoms with Crippen molar-refractivity contribution < 1.29 is 24.2 Å². The molecule has 2 saturated carbocycles. The molecule has 0 bridgehead atoms. The minimum Gasteiger partial charge on any atom is -0.480 e. The number of fused-ring (bicyclic) bond motifs is 3.